The number of nitrogens with one attached hydrogen (secondary N) is 1. The molecule has 0 saturated heterocycles. The van der Waals surface area contributed by atoms with E-state index in [4.69, 9.17) is 11.6 Å². The van der Waals surface area contributed by atoms with Crippen molar-refractivity contribution in [1.82, 2.24) is 14.9 Å². The summed E-state index contributed by atoms with van der Waals surface area (Å²) in [5.41, 5.74) is 1.37. The van der Waals surface area contributed by atoms with Crippen molar-refractivity contribution in [3.8, 4) is 0 Å². The smallest absolute Gasteiger partial charge is 0.148 e. The minimum absolute atomic E-state index is 0.0910. The highest BCUT2D eigenvalue weighted by Crippen LogP contribution is 2.34. The second-order valence-corrected chi connectivity index (χ2v) is 5.94. The van der Waals surface area contributed by atoms with E-state index in [0.717, 1.165) is 17.0 Å². The van der Waals surface area contributed by atoms with E-state index in [2.05, 4.69) is 30.8 Å². The van der Waals surface area contributed by atoms with Gasteiger partial charge in [-0.05, 0) is 47.0 Å². The van der Waals surface area contributed by atoms with Crippen LogP contribution in [-0.4, -0.2) is 16.6 Å². The van der Waals surface area contributed by atoms with E-state index < -0.39 is 5.82 Å². The topological polar surface area (TPSA) is 37.8 Å². The standard InChI is InChI=1S/C12H12BrClFN3S/c1-3-8-12(19-18-17-8)11(16-2)6-4-5-7(13)9(14)10(6)15/h4-5,11,16H,3H2,1-2H3. The SMILES string of the molecule is CCc1nnsc1C(NC)c1ccc(Br)c(Cl)c1F. The van der Waals surface area contributed by atoms with Crippen LogP contribution in [0.1, 0.15) is 29.1 Å². The fraction of sp³-hybridized carbons (Fsp3) is 0.333. The molecule has 1 unspecified atom stereocenters. The van der Waals surface area contributed by atoms with Gasteiger partial charge in [-0.25, -0.2) is 4.39 Å². The predicted octanol–water partition coefficient (Wildman–Crippen LogP) is 3.96. The molecule has 1 aromatic carbocycles. The fourth-order valence-electron chi connectivity index (χ4n) is 1.87. The Morgan fingerprint density at radius 1 is 1.53 bits per heavy atom. The molecule has 0 saturated carbocycles. The van der Waals surface area contributed by atoms with Gasteiger partial charge in [-0.3, -0.25) is 0 Å². The first-order valence-electron chi connectivity index (χ1n) is 5.71. The molecule has 1 N–H and O–H groups in total. The minimum Gasteiger partial charge on any atom is -0.308 e. The molecule has 3 nitrogen and oxygen atoms in total. The minimum atomic E-state index is -0.425. The molecule has 1 heterocycles. The Bertz CT molecular complexity index is 590. The molecule has 0 aliphatic heterocycles. The summed E-state index contributed by atoms with van der Waals surface area (Å²) in [4.78, 5) is 0.919. The van der Waals surface area contributed by atoms with Gasteiger partial charge in [0, 0.05) is 10.0 Å². The van der Waals surface area contributed by atoms with Gasteiger partial charge in [-0.1, -0.05) is 29.1 Å². The van der Waals surface area contributed by atoms with E-state index in [1.165, 1.54) is 11.5 Å². The zero-order chi connectivity index (χ0) is 14.0. The zero-order valence-electron chi connectivity index (χ0n) is 10.4. The molecule has 0 aliphatic carbocycles. The van der Waals surface area contributed by atoms with Gasteiger partial charge in [0.05, 0.1) is 21.6 Å². The summed E-state index contributed by atoms with van der Waals surface area (Å²) in [6.07, 6.45) is 0.760. The number of hydrogen-bond acceptors (Lipinski definition) is 4. The monoisotopic (exact) mass is 363 g/mol. The van der Waals surface area contributed by atoms with E-state index >= 15 is 0 Å². The number of nitrogens with zero attached hydrogens (tertiary/aromatic N) is 2. The zero-order valence-corrected chi connectivity index (χ0v) is 13.5. The van der Waals surface area contributed by atoms with Crippen LogP contribution in [-0.2, 0) is 6.42 Å². The molecule has 2 aromatic rings. The van der Waals surface area contributed by atoms with Gasteiger partial charge in [-0.2, -0.15) is 0 Å². The van der Waals surface area contributed by atoms with Crippen LogP contribution in [0.2, 0.25) is 5.02 Å². The molecule has 0 fully saturated rings. The van der Waals surface area contributed by atoms with Crippen LogP contribution in [0.4, 0.5) is 4.39 Å². The Morgan fingerprint density at radius 3 is 2.89 bits per heavy atom. The maximum Gasteiger partial charge on any atom is 0.148 e. The van der Waals surface area contributed by atoms with Crippen LogP contribution in [0.15, 0.2) is 16.6 Å². The van der Waals surface area contributed by atoms with E-state index in [0.29, 0.717) is 10.0 Å². The van der Waals surface area contributed by atoms with Crippen LogP contribution in [0.3, 0.4) is 0 Å². The van der Waals surface area contributed by atoms with Gasteiger partial charge in [0.2, 0.25) is 0 Å². The largest absolute Gasteiger partial charge is 0.308 e. The third-order valence-corrected chi connectivity index (χ3v) is 4.94. The number of aromatic nitrogens is 2. The Morgan fingerprint density at radius 2 is 2.26 bits per heavy atom. The summed E-state index contributed by atoms with van der Waals surface area (Å²) in [6.45, 7) is 2.00. The lowest BCUT2D eigenvalue weighted by Gasteiger charge is -2.17. The van der Waals surface area contributed by atoms with E-state index in [-0.39, 0.29) is 11.1 Å². The summed E-state index contributed by atoms with van der Waals surface area (Å²) in [7, 11) is 1.78. The summed E-state index contributed by atoms with van der Waals surface area (Å²) in [5, 5.41) is 7.25. The van der Waals surface area contributed by atoms with E-state index in [9.17, 15) is 4.39 Å². The molecule has 0 amide bonds. The molecule has 0 bridgehead atoms. The first-order chi connectivity index (χ1) is 9.10. The highest BCUT2D eigenvalue weighted by Gasteiger charge is 2.23. The van der Waals surface area contributed by atoms with Crippen molar-refractivity contribution in [3.63, 3.8) is 0 Å². The fourth-order valence-corrected chi connectivity index (χ4v) is 3.22. The highest BCUT2D eigenvalue weighted by molar-refractivity contribution is 9.10. The first kappa shape index (κ1) is 14.8. The van der Waals surface area contributed by atoms with Crippen molar-refractivity contribution >= 4 is 39.1 Å². The summed E-state index contributed by atoms with van der Waals surface area (Å²) < 4.78 is 18.8. The summed E-state index contributed by atoms with van der Waals surface area (Å²) in [5.74, 6) is -0.425. The first-order valence-corrected chi connectivity index (χ1v) is 7.66. The lowest BCUT2D eigenvalue weighted by Crippen LogP contribution is -2.19. The second-order valence-electron chi connectivity index (χ2n) is 3.92. The Kier molecular flexibility index (Phi) is 4.89. The summed E-state index contributed by atoms with van der Waals surface area (Å²) >= 11 is 10.4. The normalized spacial score (nSPS) is 12.7. The average Bonchev–Trinajstić information content (AvgIpc) is 2.88. The molecule has 19 heavy (non-hydrogen) atoms. The number of aryl methyl sites for hydroxylation is 1. The molecular formula is C12H12BrClFN3S. The second kappa shape index (κ2) is 6.26. The van der Waals surface area contributed by atoms with Crippen LogP contribution in [0.5, 0.6) is 0 Å². The maximum atomic E-state index is 14.3. The predicted molar refractivity (Wildman–Crippen MR) is 79.3 cm³/mol. The molecule has 2 rings (SSSR count). The molecular weight excluding hydrogens is 353 g/mol. The molecule has 1 aromatic heterocycles. The Labute approximate surface area is 128 Å². The van der Waals surface area contributed by atoms with E-state index in [1.807, 2.05) is 6.92 Å². The lowest BCUT2D eigenvalue weighted by molar-refractivity contribution is 0.577. The van der Waals surface area contributed by atoms with Crippen molar-refractivity contribution in [2.45, 2.75) is 19.4 Å². The van der Waals surface area contributed by atoms with Gasteiger partial charge in [-0.15, -0.1) is 5.10 Å². The van der Waals surface area contributed by atoms with Crippen molar-refractivity contribution in [1.29, 1.82) is 0 Å². The molecule has 0 aliphatic rings. The number of benzene rings is 1. The van der Waals surface area contributed by atoms with Crippen LogP contribution in [0.25, 0.3) is 0 Å². The van der Waals surface area contributed by atoms with Crippen molar-refractivity contribution in [2.75, 3.05) is 7.05 Å². The van der Waals surface area contributed by atoms with Crippen LogP contribution in [0, 0.1) is 5.82 Å². The third kappa shape index (κ3) is 2.81. The van der Waals surface area contributed by atoms with Crippen molar-refractivity contribution < 1.29 is 4.39 Å². The molecule has 0 radical (unpaired) electrons. The summed E-state index contributed by atoms with van der Waals surface area (Å²) in [6, 6.07) is 3.16. The van der Waals surface area contributed by atoms with Gasteiger partial charge >= 0.3 is 0 Å². The van der Waals surface area contributed by atoms with Gasteiger partial charge in [0.15, 0.2) is 0 Å². The number of halogens is 3. The average molecular weight is 365 g/mol. The molecule has 7 heteroatoms. The van der Waals surface area contributed by atoms with Crippen LogP contribution >= 0.6 is 39.1 Å². The molecule has 0 spiro atoms. The van der Waals surface area contributed by atoms with Gasteiger partial charge < -0.3 is 5.32 Å². The molecule has 102 valence electrons. The van der Waals surface area contributed by atoms with Crippen molar-refractivity contribution in [2.24, 2.45) is 0 Å². The van der Waals surface area contributed by atoms with Crippen LogP contribution < -0.4 is 5.32 Å². The Hall–Kier alpha value is -0.560. The van der Waals surface area contributed by atoms with Gasteiger partial charge in [0.25, 0.3) is 0 Å². The Balaban J connectivity index is 2.52. The van der Waals surface area contributed by atoms with E-state index in [1.54, 1.807) is 19.2 Å². The highest BCUT2D eigenvalue weighted by atomic mass is 79.9. The molecule has 1 atom stereocenters. The number of hydrogen-bond donors (Lipinski definition) is 1. The maximum absolute atomic E-state index is 14.3. The van der Waals surface area contributed by atoms with Gasteiger partial charge in [0.1, 0.15) is 5.82 Å². The third-order valence-electron chi connectivity index (χ3n) is 2.85. The lowest BCUT2D eigenvalue weighted by atomic mass is 10.0. The quantitative estimate of drug-likeness (QED) is 0.834. The number of rotatable bonds is 4. The van der Waals surface area contributed by atoms with Crippen molar-refractivity contribution in [3.05, 3.63) is 43.6 Å².